The summed E-state index contributed by atoms with van der Waals surface area (Å²) < 4.78 is 14.0. The van der Waals surface area contributed by atoms with Crippen LogP contribution >= 0.6 is 0 Å². The molecule has 2 atom stereocenters. The van der Waals surface area contributed by atoms with E-state index in [1.807, 2.05) is 0 Å². The monoisotopic (exact) mass is 223 g/mol. The van der Waals surface area contributed by atoms with Gasteiger partial charge in [-0.2, -0.15) is 0 Å². The highest BCUT2D eigenvalue weighted by molar-refractivity contribution is 5.44. The molecule has 4 heteroatoms. The number of piperidine rings is 1. The number of nitrogens with zero attached hydrogens (tertiary/aromatic N) is 1. The molecule has 0 radical (unpaired) electrons. The molecule has 0 aromatic carbocycles. The van der Waals surface area contributed by atoms with E-state index >= 15 is 0 Å². The average Bonchev–Trinajstić information content (AvgIpc) is 2.33. The average molecular weight is 223 g/mol. The Hall–Kier alpha value is -1.16. The zero-order valence-corrected chi connectivity index (χ0v) is 9.32. The van der Waals surface area contributed by atoms with Crippen molar-refractivity contribution < 1.29 is 4.39 Å². The number of aromatic nitrogens is 1. The van der Waals surface area contributed by atoms with Gasteiger partial charge in [-0.1, -0.05) is 0 Å². The topological polar surface area (TPSA) is 50.9 Å². The quantitative estimate of drug-likeness (QED) is 0.817. The molecule has 1 saturated heterocycles. The molecule has 0 bridgehead atoms. The standard InChI is InChI=1S/C12H18FN3/c13-11(9-2-1-4-15-7-9)6-10-8-16-5-3-12(10)14/h3,5,8-9,11,15H,1-2,4,6-7H2,(H2,14,16). The Bertz CT molecular complexity index is 337. The minimum absolute atomic E-state index is 0.119. The van der Waals surface area contributed by atoms with Gasteiger partial charge in [0.05, 0.1) is 0 Å². The number of halogens is 1. The fourth-order valence-electron chi connectivity index (χ4n) is 2.17. The highest BCUT2D eigenvalue weighted by Crippen LogP contribution is 2.22. The van der Waals surface area contributed by atoms with Crippen LogP contribution in [-0.4, -0.2) is 24.2 Å². The van der Waals surface area contributed by atoms with Gasteiger partial charge in [0.1, 0.15) is 6.17 Å². The Morgan fingerprint density at radius 3 is 3.19 bits per heavy atom. The number of nitrogen functional groups attached to an aromatic ring is 1. The van der Waals surface area contributed by atoms with E-state index in [4.69, 9.17) is 5.73 Å². The van der Waals surface area contributed by atoms with Crippen molar-refractivity contribution in [3.8, 4) is 0 Å². The minimum Gasteiger partial charge on any atom is -0.398 e. The van der Waals surface area contributed by atoms with Crippen LogP contribution in [0.1, 0.15) is 18.4 Å². The molecule has 2 heterocycles. The van der Waals surface area contributed by atoms with Crippen LogP contribution in [0.5, 0.6) is 0 Å². The first-order valence-corrected chi connectivity index (χ1v) is 5.80. The lowest BCUT2D eigenvalue weighted by atomic mass is 9.91. The van der Waals surface area contributed by atoms with Crippen LogP contribution < -0.4 is 11.1 Å². The second-order valence-electron chi connectivity index (χ2n) is 4.40. The normalized spacial score (nSPS) is 22.9. The molecule has 1 aromatic rings. The molecule has 0 aliphatic carbocycles. The first-order chi connectivity index (χ1) is 7.77. The highest BCUT2D eigenvalue weighted by Gasteiger charge is 2.23. The van der Waals surface area contributed by atoms with Gasteiger partial charge in [0.2, 0.25) is 0 Å². The number of hydrogen-bond donors (Lipinski definition) is 2. The van der Waals surface area contributed by atoms with E-state index in [9.17, 15) is 4.39 Å². The third kappa shape index (κ3) is 2.70. The zero-order valence-electron chi connectivity index (χ0n) is 9.32. The third-order valence-electron chi connectivity index (χ3n) is 3.20. The molecular weight excluding hydrogens is 205 g/mol. The Morgan fingerprint density at radius 2 is 2.50 bits per heavy atom. The van der Waals surface area contributed by atoms with Crippen molar-refractivity contribution >= 4 is 5.69 Å². The molecule has 3 nitrogen and oxygen atoms in total. The second-order valence-corrected chi connectivity index (χ2v) is 4.40. The number of anilines is 1. The molecule has 88 valence electrons. The Kier molecular flexibility index (Phi) is 3.72. The van der Waals surface area contributed by atoms with E-state index in [1.54, 1.807) is 18.5 Å². The van der Waals surface area contributed by atoms with Crippen molar-refractivity contribution in [3.63, 3.8) is 0 Å². The number of rotatable bonds is 3. The number of alkyl halides is 1. The fourth-order valence-corrected chi connectivity index (χ4v) is 2.17. The summed E-state index contributed by atoms with van der Waals surface area (Å²) in [5.74, 6) is 0.119. The summed E-state index contributed by atoms with van der Waals surface area (Å²) in [5.41, 5.74) is 7.24. The molecule has 2 unspecified atom stereocenters. The SMILES string of the molecule is Nc1ccncc1CC(F)C1CCCNC1. The molecule has 2 rings (SSSR count). The first kappa shape index (κ1) is 11.3. The van der Waals surface area contributed by atoms with Crippen molar-refractivity contribution in [2.24, 2.45) is 5.92 Å². The Morgan fingerprint density at radius 1 is 1.62 bits per heavy atom. The van der Waals surface area contributed by atoms with Gasteiger partial charge in [-0.15, -0.1) is 0 Å². The Balaban J connectivity index is 1.96. The van der Waals surface area contributed by atoms with Gasteiger partial charge in [0.15, 0.2) is 0 Å². The number of pyridine rings is 1. The Labute approximate surface area is 95.3 Å². The molecule has 16 heavy (non-hydrogen) atoms. The van der Waals surface area contributed by atoms with Gasteiger partial charge in [0, 0.05) is 37.0 Å². The molecule has 0 saturated carbocycles. The predicted molar refractivity (Wildman–Crippen MR) is 62.8 cm³/mol. The van der Waals surface area contributed by atoms with Crippen molar-refractivity contribution in [3.05, 3.63) is 24.0 Å². The molecule has 1 fully saturated rings. The van der Waals surface area contributed by atoms with Crippen molar-refractivity contribution in [2.75, 3.05) is 18.8 Å². The van der Waals surface area contributed by atoms with Gasteiger partial charge < -0.3 is 11.1 Å². The van der Waals surface area contributed by atoms with E-state index in [0.717, 1.165) is 31.5 Å². The van der Waals surface area contributed by atoms with Crippen LogP contribution in [0.4, 0.5) is 10.1 Å². The van der Waals surface area contributed by atoms with E-state index in [1.165, 1.54) is 0 Å². The fraction of sp³-hybridized carbons (Fsp3) is 0.583. The molecule has 0 amide bonds. The van der Waals surface area contributed by atoms with Gasteiger partial charge in [-0.25, -0.2) is 4.39 Å². The van der Waals surface area contributed by atoms with Gasteiger partial charge in [-0.05, 0) is 31.0 Å². The van der Waals surface area contributed by atoms with E-state index in [2.05, 4.69) is 10.3 Å². The predicted octanol–water partition coefficient (Wildman–Crippen LogP) is 1.54. The molecular formula is C12H18FN3. The highest BCUT2D eigenvalue weighted by atomic mass is 19.1. The number of nitrogens with one attached hydrogen (secondary N) is 1. The summed E-state index contributed by atoms with van der Waals surface area (Å²) >= 11 is 0. The van der Waals surface area contributed by atoms with E-state index in [-0.39, 0.29) is 5.92 Å². The number of hydrogen-bond acceptors (Lipinski definition) is 3. The van der Waals surface area contributed by atoms with Crippen LogP contribution in [0, 0.1) is 5.92 Å². The van der Waals surface area contributed by atoms with Crippen LogP contribution in [0.3, 0.4) is 0 Å². The minimum atomic E-state index is -0.820. The molecule has 1 aliphatic heterocycles. The zero-order chi connectivity index (χ0) is 11.4. The number of nitrogens with two attached hydrogens (primary N) is 1. The van der Waals surface area contributed by atoms with Crippen LogP contribution in [0.15, 0.2) is 18.5 Å². The summed E-state index contributed by atoms with van der Waals surface area (Å²) in [5, 5.41) is 3.23. The van der Waals surface area contributed by atoms with Crippen LogP contribution in [0.25, 0.3) is 0 Å². The van der Waals surface area contributed by atoms with E-state index < -0.39 is 6.17 Å². The third-order valence-corrected chi connectivity index (χ3v) is 3.20. The molecule has 0 spiro atoms. The maximum absolute atomic E-state index is 14.0. The smallest absolute Gasteiger partial charge is 0.108 e. The summed E-state index contributed by atoms with van der Waals surface area (Å²) in [6.45, 7) is 1.79. The van der Waals surface area contributed by atoms with Crippen molar-refractivity contribution in [2.45, 2.75) is 25.4 Å². The second kappa shape index (κ2) is 5.25. The lowest BCUT2D eigenvalue weighted by molar-refractivity contribution is 0.191. The maximum atomic E-state index is 14.0. The largest absolute Gasteiger partial charge is 0.398 e. The first-order valence-electron chi connectivity index (χ1n) is 5.80. The van der Waals surface area contributed by atoms with Gasteiger partial charge in [-0.3, -0.25) is 4.98 Å². The lowest BCUT2D eigenvalue weighted by Crippen LogP contribution is -2.35. The molecule has 1 aliphatic rings. The van der Waals surface area contributed by atoms with Crippen molar-refractivity contribution in [1.82, 2.24) is 10.3 Å². The lowest BCUT2D eigenvalue weighted by Gasteiger charge is -2.26. The molecule has 1 aromatic heterocycles. The summed E-state index contributed by atoms with van der Waals surface area (Å²) in [6.07, 6.45) is 4.89. The summed E-state index contributed by atoms with van der Waals surface area (Å²) in [7, 11) is 0. The van der Waals surface area contributed by atoms with Crippen molar-refractivity contribution in [1.29, 1.82) is 0 Å². The molecule has 3 N–H and O–H groups in total. The van der Waals surface area contributed by atoms with E-state index in [0.29, 0.717) is 12.1 Å². The van der Waals surface area contributed by atoms with Gasteiger partial charge in [0.25, 0.3) is 0 Å². The summed E-state index contributed by atoms with van der Waals surface area (Å²) in [6, 6.07) is 1.72. The van der Waals surface area contributed by atoms with Crippen LogP contribution in [-0.2, 0) is 6.42 Å². The maximum Gasteiger partial charge on any atom is 0.108 e. The van der Waals surface area contributed by atoms with Crippen LogP contribution in [0.2, 0.25) is 0 Å². The van der Waals surface area contributed by atoms with Gasteiger partial charge >= 0.3 is 0 Å². The summed E-state index contributed by atoms with van der Waals surface area (Å²) in [4.78, 5) is 3.98.